The Hall–Kier alpha value is -0.860. The molecule has 1 N–H and O–H groups in total. The highest BCUT2D eigenvalue weighted by Gasteiger charge is 2.41. The third kappa shape index (κ3) is 1.35. The number of nitrogens with one attached hydrogen (secondary N) is 1. The van der Waals surface area contributed by atoms with Gasteiger partial charge in [-0.25, -0.2) is 0 Å². The van der Waals surface area contributed by atoms with E-state index in [1.165, 1.54) is 25.1 Å². The van der Waals surface area contributed by atoms with Crippen LogP contribution in [-0.2, 0) is 6.54 Å². The van der Waals surface area contributed by atoms with E-state index in [1.54, 1.807) is 0 Å². The molecule has 0 spiro atoms. The van der Waals surface area contributed by atoms with E-state index in [-0.39, 0.29) is 0 Å². The molecule has 1 aromatic rings. The zero-order valence-corrected chi connectivity index (χ0v) is 8.32. The first-order valence-corrected chi connectivity index (χ1v) is 5.45. The minimum atomic E-state index is 0.790. The fraction of sp³-hybridized carbons (Fsp3) is 0.500. The first-order chi connectivity index (χ1) is 6.93. The quantitative estimate of drug-likeness (QED) is 0.751. The molecule has 2 aliphatic rings. The van der Waals surface area contributed by atoms with Crippen molar-refractivity contribution in [3.05, 3.63) is 35.9 Å². The van der Waals surface area contributed by atoms with Crippen LogP contribution in [0.1, 0.15) is 12.0 Å². The van der Waals surface area contributed by atoms with E-state index in [2.05, 4.69) is 40.5 Å². The molecule has 1 aromatic carbocycles. The summed E-state index contributed by atoms with van der Waals surface area (Å²) in [7, 11) is 0. The second-order valence-electron chi connectivity index (χ2n) is 4.33. The van der Waals surface area contributed by atoms with Crippen LogP contribution in [0.5, 0.6) is 0 Å². The Balaban J connectivity index is 1.64. The van der Waals surface area contributed by atoms with Gasteiger partial charge in [0.25, 0.3) is 0 Å². The maximum absolute atomic E-state index is 3.53. The fourth-order valence-corrected chi connectivity index (χ4v) is 2.63. The molecular weight excluding hydrogens is 172 g/mol. The second-order valence-corrected chi connectivity index (χ2v) is 4.33. The third-order valence-corrected chi connectivity index (χ3v) is 3.44. The van der Waals surface area contributed by atoms with Crippen LogP contribution in [0, 0.1) is 0 Å². The molecule has 0 aromatic heterocycles. The van der Waals surface area contributed by atoms with Gasteiger partial charge in [0.15, 0.2) is 0 Å². The average molecular weight is 188 g/mol. The van der Waals surface area contributed by atoms with Crippen molar-refractivity contribution in [2.24, 2.45) is 0 Å². The van der Waals surface area contributed by atoms with Crippen molar-refractivity contribution in [1.29, 1.82) is 0 Å². The van der Waals surface area contributed by atoms with Crippen LogP contribution in [0.2, 0.25) is 0 Å². The number of benzene rings is 1. The van der Waals surface area contributed by atoms with Gasteiger partial charge >= 0.3 is 0 Å². The fourth-order valence-electron chi connectivity index (χ4n) is 2.63. The Bertz CT molecular complexity index is 309. The molecule has 0 saturated carbocycles. The van der Waals surface area contributed by atoms with Crippen LogP contribution in [0.15, 0.2) is 30.3 Å². The maximum atomic E-state index is 3.53. The van der Waals surface area contributed by atoms with Crippen LogP contribution in [0.4, 0.5) is 0 Å². The number of fused-ring (bicyclic) bond motifs is 1. The summed E-state index contributed by atoms with van der Waals surface area (Å²) in [6.07, 6.45) is 1.33. The zero-order valence-electron chi connectivity index (χ0n) is 8.32. The maximum Gasteiger partial charge on any atom is 0.0352 e. The molecule has 3 rings (SSSR count). The summed E-state index contributed by atoms with van der Waals surface area (Å²) in [5.41, 5.74) is 1.44. The largest absolute Gasteiger partial charge is 0.311 e. The van der Waals surface area contributed by atoms with Gasteiger partial charge in [-0.2, -0.15) is 0 Å². The molecule has 2 atom stereocenters. The van der Waals surface area contributed by atoms with E-state index >= 15 is 0 Å². The second kappa shape index (κ2) is 3.37. The van der Waals surface area contributed by atoms with Crippen LogP contribution in [-0.4, -0.2) is 30.1 Å². The number of hydrogen-bond acceptors (Lipinski definition) is 2. The molecule has 0 aliphatic carbocycles. The molecule has 2 heterocycles. The van der Waals surface area contributed by atoms with E-state index in [0.717, 1.165) is 18.6 Å². The minimum absolute atomic E-state index is 0.790. The molecule has 2 heteroatoms. The molecule has 2 aliphatic heterocycles. The predicted octanol–water partition coefficient (Wildman–Crippen LogP) is 1.23. The SMILES string of the molecule is c1ccc(CN2CC3NCC[C@H]32)cc1. The summed E-state index contributed by atoms with van der Waals surface area (Å²) in [5.74, 6) is 0. The van der Waals surface area contributed by atoms with Gasteiger partial charge in [-0.3, -0.25) is 4.90 Å². The van der Waals surface area contributed by atoms with Gasteiger partial charge in [0, 0.05) is 25.2 Å². The molecule has 14 heavy (non-hydrogen) atoms. The predicted molar refractivity (Wildman–Crippen MR) is 57.0 cm³/mol. The lowest BCUT2D eigenvalue weighted by Gasteiger charge is -2.44. The summed E-state index contributed by atoms with van der Waals surface area (Å²) >= 11 is 0. The minimum Gasteiger partial charge on any atom is -0.311 e. The first-order valence-electron chi connectivity index (χ1n) is 5.45. The third-order valence-electron chi connectivity index (χ3n) is 3.44. The van der Waals surface area contributed by atoms with Crippen molar-refractivity contribution in [3.63, 3.8) is 0 Å². The average Bonchev–Trinajstić information content (AvgIpc) is 2.58. The van der Waals surface area contributed by atoms with Crippen LogP contribution >= 0.6 is 0 Å². The number of rotatable bonds is 2. The van der Waals surface area contributed by atoms with Gasteiger partial charge in [0.1, 0.15) is 0 Å². The van der Waals surface area contributed by atoms with Crippen molar-refractivity contribution in [1.82, 2.24) is 10.2 Å². The van der Waals surface area contributed by atoms with E-state index < -0.39 is 0 Å². The zero-order chi connectivity index (χ0) is 9.38. The molecular formula is C12H16N2. The highest BCUT2D eigenvalue weighted by atomic mass is 15.3. The summed E-state index contributed by atoms with van der Waals surface area (Å²) in [5, 5.41) is 3.53. The lowest BCUT2D eigenvalue weighted by Crippen LogP contribution is -2.60. The normalized spacial score (nSPS) is 31.1. The number of likely N-dealkylation sites (tertiary alicyclic amines) is 1. The van der Waals surface area contributed by atoms with Crippen LogP contribution in [0.25, 0.3) is 0 Å². The molecule has 2 saturated heterocycles. The molecule has 2 nitrogen and oxygen atoms in total. The standard InChI is InChI=1S/C12H16N2/c1-2-4-10(5-3-1)8-14-9-11-12(14)6-7-13-11/h1-5,11-13H,6-9H2/t11?,12-/m1/s1. The Labute approximate surface area is 84.9 Å². The van der Waals surface area contributed by atoms with Gasteiger partial charge in [-0.15, -0.1) is 0 Å². The van der Waals surface area contributed by atoms with Crippen molar-refractivity contribution in [2.45, 2.75) is 25.0 Å². The van der Waals surface area contributed by atoms with Gasteiger partial charge in [0.05, 0.1) is 0 Å². The molecule has 0 bridgehead atoms. The van der Waals surface area contributed by atoms with E-state index in [4.69, 9.17) is 0 Å². The van der Waals surface area contributed by atoms with Gasteiger partial charge in [-0.05, 0) is 18.5 Å². The van der Waals surface area contributed by atoms with Gasteiger partial charge < -0.3 is 5.32 Å². The highest BCUT2D eigenvalue weighted by molar-refractivity contribution is 5.16. The summed E-state index contributed by atoms with van der Waals surface area (Å²) < 4.78 is 0. The van der Waals surface area contributed by atoms with E-state index in [1.807, 2.05) is 0 Å². The van der Waals surface area contributed by atoms with Crippen LogP contribution in [0.3, 0.4) is 0 Å². The molecule has 74 valence electrons. The topological polar surface area (TPSA) is 15.3 Å². The van der Waals surface area contributed by atoms with Crippen molar-refractivity contribution in [2.75, 3.05) is 13.1 Å². The van der Waals surface area contributed by atoms with Crippen molar-refractivity contribution >= 4 is 0 Å². The Morgan fingerprint density at radius 2 is 2.14 bits per heavy atom. The first kappa shape index (κ1) is 8.45. The Morgan fingerprint density at radius 1 is 1.29 bits per heavy atom. The van der Waals surface area contributed by atoms with Gasteiger partial charge in [0.2, 0.25) is 0 Å². The lowest BCUT2D eigenvalue weighted by atomic mass is 9.97. The van der Waals surface area contributed by atoms with Crippen molar-refractivity contribution < 1.29 is 0 Å². The highest BCUT2D eigenvalue weighted by Crippen LogP contribution is 2.27. The molecule has 1 unspecified atom stereocenters. The Kier molecular flexibility index (Phi) is 2.03. The molecule has 2 fully saturated rings. The monoisotopic (exact) mass is 188 g/mol. The summed E-state index contributed by atoms with van der Waals surface area (Å²) in [4.78, 5) is 2.58. The van der Waals surface area contributed by atoms with Crippen LogP contribution < -0.4 is 5.32 Å². The van der Waals surface area contributed by atoms with E-state index in [0.29, 0.717) is 0 Å². The Morgan fingerprint density at radius 3 is 2.93 bits per heavy atom. The summed E-state index contributed by atoms with van der Waals surface area (Å²) in [6.45, 7) is 3.57. The molecule has 0 radical (unpaired) electrons. The lowest BCUT2D eigenvalue weighted by molar-refractivity contribution is 0.0653. The number of hydrogen-bond donors (Lipinski definition) is 1. The van der Waals surface area contributed by atoms with Crippen molar-refractivity contribution in [3.8, 4) is 0 Å². The number of nitrogens with zero attached hydrogens (tertiary/aromatic N) is 1. The van der Waals surface area contributed by atoms with E-state index in [9.17, 15) is 0 Å². The molecule has 0 amide bonds. The van der Waals surface area contributed by atoms with Gasteiger partial charge in [-0.1, -0.05) is 30.3 Å². The smallest absolute Gasteiger partial charge is 0.0352 e. The summed E-state index contributed by atoms with van der Waals surface area (Å²) in [6, 6.07) is 12.4.